The van der Waals surface area contributed by atoms with E-state index in [0.717, 1.165) is 11.6 Å². The van der Waals surface area contributed by atoms with Crippen molar-refractivity contribution in [2.24, 2.45) is 5.41 Å². The Hall–Kier alpha value is -4.01. The largest absolute Gasteiger partial charge is 0.487 e. The zero-order valence-corrected chi connectivity index (χ0v) is 22.2. The van der Waals surface area contributed by atoms with E-state index in [2.05, 4.69) is 0 Å². The first-order valence-electron chi connectivity index (χ1n) is 13.0. The van der Waals surface area contributed by atoms with Gasteiger partial charge in [-0.15, -0.1) is 0 Å². The molecule has 1 saturated heterocycles. The number of amides is 1. The molecule has 0 aromatic heterocycles. The summed E-state index contributed by atoms with van der Waals surface area (Å²) in [6.07, 6.45) is 0.773. The van der Waals surface area contributed by atoms with Gasteiger partial charge in [-0.25, -0.2) is 8.78 Å². The number of ether oxygens (including phenoxy) is 1. The molecule has 0 unspecified atom stereocenters. The highest BCUT2D eigenvalue weighted by Crippen LogP contribution is 2.56. The van der Waals surface area contributed by atoms with Crippen LogP contribution in [-0.4, -0.2) is 35.4 Å². The Morgan fingerprint density at radius 2 is 1.69 bits per heavy atom. The number of nitro groups is 1. The lowest BCUT2D eigenvalue weighted by Crippen LogP contribution is -2.49. The molecule has 204 valence electrons. The third kappa shape index (κ3) is 4.82. The maximum absolute atomic E-state index is 15.8. The molecule has 0 radical (unpaired) electrons. The van der Waals surface area contributed by atoms with Crippen molar-refractivity contribution >= 4 is 23.0 Å². The van der Waals surface area contributed by atoms with Gasteiger partial charge in [-0.3, -0.25) is 14.9 Å². The summed E-state index contributed by atoms with van der Waals surface area (Å²) in [7, 11) is 0. The number of carbonyl (C=O) groups excluding carboxylic acids is 1. The molecular formula is C30H31F2N3O4. The van der Waals surface area contributed by atoms with E-state index in [4.69, 9.17) is 4.74 Å². The van der Waals surface area contributed by atoms with Crippen molar-refractivity contribution < 1.29 is 23.2 Å². The van der Waals surface area contributed by atoms with Gasteiger partial charge in [-0.05, 0) is 24.5 Å². The van der Waals surface area contributed by atoms with Crippen molar-refractivity contribution in [3.05, 3.63) is 93.5 Å². The zero-order chi connectivity index (χ0) is 27.9. The molecular weight excluding hydrogens is 504 g/mol. The molecule has 7 nitrogen and oxygen atoms in total. The molecule has 3 aromatic rings. The van der Waals surface area contributed by atoms with Crippen LogP contribution in [0.15, 0.2) is 60.7 Å². The van der Waals surface area contributed by atoms with Crippen molar-refractivity contribution in [1.29, 1.82) is 0 Å². The van der Waals surface area contributed by atoms with E-state index in [1.807, 2.05) is 51.1 Å². The Labute approximate surface area is 226 Å². The molecule has 3 aromatic carbocycles. The molecule has 1 fully saturated rings. The van der Waals surface area contributed by atoms with Crippen LogP contribution in [0, 0.1) is 27.2 Å². The standard InChI is InChI=1S/C30H31F2N3O4/c1-29(2,3)28(36)33-15-13-30(14-16-33)19-34(22-11-7-8-12-23(22)35(37)38)27-24(17-21(31)26(32)25(27)30)39-18-20-9-5-4-6-10-20/h4-12,17H,13-16,18-19H2,1-3H3. The number of nitrogens with zero attached hydrogens (tertiary/aromatic N) is 3. The van der Waals surface area contributed by atoms with Gasteiger partial charge in [0.2, 0.25) is 5.91 Å². The summed E-state index contributed by atoms with van der Waals surface area (Å²) in [6.45, 7) is 6.62. The summed E-state index contributed by atoms with van der Waals surface area (Å²) < 4.78 is 37.0. The minimum absolute atomic E-state index is 0.00211. The molecule has 1 amide bonds. The van der Waals surface area contributed by atoms with E-state index in [1.165, 1.54) is 6.07 Å². The van der Waals surface area contributed by atoms with Gasteiger partial charge in [0, 0.05) is 48.2 Å². The highest BCUT2D eigenvalue weighted by molar-refractivity contribution is 5.84. The first kappa shape index (κ1) is 26.6. The smallest absolute Gasteiger partial charge is 0.292 e. The molecule has 0 atom stereocenters. The average molecular weight is 536 g/mol. The molecule has 2 aliphatic heterocycles. The van der Waals surface area contributed by atoms with Crippen LogP contribution < -0.4 is 9.64 Å². The van der Waals surface area contributed by atoms with E-state index in [0.29, 0.717) is 31.6 Å². The molecule has 0 bridgehead atoms. The second kappa shape index (κ2) is 9.94. The maximum atomic E-state index is 15.8. The molecule has 2 heterocycles. The summed E-state index contributed by atoms with van der Waals surface area (Å²) in [5.41, 5.74) is 0.0233. The molecule has 39 heavy (non-hydrogen) atoms. The van der Waals surface area contributed by atoms with Crippen molar-refractivity contribution in [1.82, 2.24) is 4.90 Å². The Morgan fingerprint density at radius 3 is 2.33 bits per heavy atom. The van der Waals surface area contributed by atoms with Gasteiger partial charge >= 0.3 is 0 Å². The second-order valence-corrected chi connectivity index (χ2v) is 11.3. The van der Waals surface area contributed by atoms with Gasteiger partial charge in [0.15, 0.2) is 11.6 Å². The van der Waals surface area contributed by atoms with Crippen LogP contribution in [0.4, 0.5) is 25.8 Å². The van der Waals surface area contributed by atoms with Crippen molar-refractivity contribution in [2.75, 3.05) is 24.5 Å². The molecule has 0 N–H and O–H groups in total. The number of hydrogen-bond acceptors (Lipinski definition) is 5. The van der Waals surface area contributed by atoms with E-state index >= 15 is 8.78 Å². The minimum atomic E-state index is -1.03. The lowest BCUT2D eigenvalue weighted by atomic mass is 9.73. The minimum Gasteiger partial charge on any atom is -0.487 e. The number of hydrogen-bond donors (Lipinski definition) is 0. The van der Waals surface area contributed by atoms with Crippen LogP contribution in [0.25, 0.3) is 0 Å². The number of benzene rings is 3. The first-order chi connectivity index (χ1) is 18.5. The summed E-state index contributed by atoms with van der Waals surface area (Å²) in [5.74, 6) is -1.89. The zero-order valence-electron chi connectivity index (χ0n) is 22.2. The monoisotopic (exact) mass is 535 g/mol. The molecule has 0 saturated carbocycles. The number of nitro benzene ring substituents is 1. The van der Waals surface area contributed by atoms with Gasteiger partial charge in [0.1, 0.15) is 18.0 Å². The molecule has 2 aliphatic rings. The van der Waals surface area contributed by atoms with E-state index in [-0.39, 0.29) is 41.7 Å². The topological polar surface area (TPSA) is 75.9 Å². The third-order valence-electron chi connectivity index (χ3n) is 7.67. The van der Waals surface area contributed by atoms with Gasteiger partial charge in [0.25, 0.3) is 5.69 Å². The van der Waals surface area contributed by atoms with Crippen LogP contribution in [-0.2, 0) is 16.8 Å². The summed E-state index contributed by atoms with van der Waals surface area (Å²) >= 11 is 0. The fourth-order valence-electron chi connectivity index (χ4n) is 5.72. The van der Waals surface area contributed by atoms with E-state index in [1.54, 1.807) is 28.0 Å². The third-order valence-corrected chi connectivity index (χ3v) is 7.67. The number of halogens is 2. The average Bonchev–Trinajstić information content (AvgIpc) is 3.24. The summed E-state index contributed by atoms with van der Waals surface area (Å²) in [4.78, 5) is 27.9. The van der Waals surface area contributed by atoms with Crippen molar-refractivity contribution in [3.63, 3.8) is 0 Å². The lowest BCUT2D eigenvalue weighted by Gasteiger charge is -2.41. The van der Waals surface area contributed by atoms with Crippen LogP contribution in [0.3, 0.4) is 0 Å². The first-order valence-corrected chi connectivity index (χ1v) is 13.0. The van der Waals surface area contributed by atoms with Gasteiger partial charge in [-0.1, -0.05) is 63.2 Å². The Bertz CT molecular complexity index is 1410. The van der Waals surface area contributed by atoms with Crippen molar-refractivity contribution in [2.45, 2.75) is 45.6 Å². The van der Waals surface area contributed by atoms with Gasteiger partial charge in [0.05, 0.1) is 10.6 Å². The number of fused-ring (bicyclic) bond motifs is 2. The van der Waals surface area contributed by atoms with Crippen LogP contribution >= 0.6 is 0 Å². The maximum Gasteiger partial charge on any atom is 0.292 e. The quantitative estimate of drug-likeness (QED) is 0.275. The Balaban J connectivity index is 1.61. The molecule has 9 heteroatoms. The number of para-hydroxylation sites is 2. The normalized spacial score (nSPS) is 16.3. The van der Waals surface area contributed by atoms with E-state index in [9.17, 15) is 14.9 Å². The highest BCUT2D eigenvalue weighted by atomic mass is 19.2. The lowest BCUT2D eigenvalue weighted by molar-refractivity contribution is -0.384. The van der Waals surface area contributed by atoms with E-state index < -0.39 is 27.4 Å². The molecule has 1 spiro atoms. The molecule has 5 rings (SSSR count). The predicted molar refractivity (Wildman–Crippen MR) is 144 cm³/mol. The Morgan fingerprint density at radius 1 is 1.05 bits per heavy atom. The van der Waals surface area contributed by atoms with Gasteiger partial charge < -0.3 is 14.5 Å². The summed E-state index contributed by atoms with van der Waals surface area (Å²) in [6, 6.07) is 16.6. The Kier molecular flexibility index (Phi) is 6.78. The summed E-state index contributed by atoms with van der Waals surface area (Å²) in [5, 5.41) is 12.0. The SMILES string of the molecule is CC(C)(C)C(=O)N1CCC2(CC1)CN(c1ccccc1[N+](=O)[O-])c1c(OCc3ccccc3)cc(F)c(F)c12. The fraction of sp³-hybridized carbons (Fsp3) is 0.367. The highest BCUT2D eigenvalue weighted by Gasteiger charge is 2.51. The van der Waals surface area contributed by atoms with Crippen LogP contribution in [0.5, 0.6) is 5.75 Å². The number of rotatable bonds is 5. The van der Waals surface area contributed by atoms with Crippen LogP contribution in [0.2, 0.25) is 0 Å². The fourth-order valence-corrected chi connectivity index (χ4v) is 5.72. The van der Waals surface area contributed by atoms with Crippen molar-refractivity contribution in [3.8, 4) is 5.75 Å². The number of likely N-dealkylation sites (tertiary alicyclic amines) is 1. The second-order valence-electron chi connectivity index (χ2n) is 11.3. The number of carbonyl (C=O) groups is 1. The predicted octanol–water partition coefficient (Wildman–Crippen LogP) is 6.51. The number of piperidine rings is 1. The van der Waals surface area contributed by atoms with Gasteiger partial charge in [-0.2, -0.15) is 0 Å². The molecule has 0 aliphatic carbocycles. The van der Waals surface area contributed by atoms with Crippen LogP contribution in [0.1, 0.15) is 44.7 Å². The number of anilines is 2.